The highest BCUT2D eigenvalue weighted by atomic mass is 35.5. The van der Waals surface area contributed by atoms with Gasteiger partial charge in [-0.15, -0.1) is 12.4 Å². The van der Waals surface area contributed by atoms with E-state index in [-0.39, 0.29) is 73.4 Å². The van der Waals surface area contributed by atoms with E-state index in [2.05, 4.69) is 0 Å². The largest absolute Gasteiger partial charge is 0.488 e. The average Bonchev–Trinajstić information content (AvgIpc) is 3.29. The van der Waals surface area contributed by atoms with Gasteiger partial charge in [0, 0.05) is 44.7 Å². The molecular formula is C30H45ClF2N4O7. The fraction of sp³-hybridized carbons (Fsp3) is 0.667. The van der Waals surface area contributed by atoms with Gasteiger partial charge in [0.15, 0.2) is 23.1 Å². The second-order valence-electron chi connectivity index (χ2n) is 11.0. The number of benzene rings is 1. The number of rotatable bonds is 15. The number of aryl methyl sites for hydroxylation is 1. The summed E-state index contributed by atoms with van der Waals surface area (Å²) < 4.78 is 51.9. The highest BCUT2D eigenvalue weighted by molar-refractivity contribution is 6.04. The monoisotopic (exact) mass is 646 g/mol. The van der Waals surface area contributed by atoms with Crippen molar-refractivity contribution in [1.82, 2.24) is 14.4 Å². The third-order valence-electron chi connectivity index (χ3n) is 8.17. The first kappa shape index (κ1) is 35.9. The molecule has 0 unspecified atom stereocenters. The standard InChI is InChI=1S/C30H44F2N4O7.ClH/c1-34-25-20-24(32)23(31)19-22(25)28(43-18-17-42-16-15-41-14-13-40-12-11-37)27(34)30(39)36-9-7-35(8-10-36)29(38)26(33)21-5-3-2-4-6-21;/h19-21,26,37H,2-18,33H2,1H3;1H/t26-;/m0./s1. The van der Waals surface area contributed by atoms with Gasteiger partial charge in [-0.25, -0.2) is 8.78 Å². The molecule has 2 aliphatic rings. The molecule has 2 amide bonds. The summed E-state index contributed by atoms with van der Waals surface area (Å²) in [5.41, 5.74) is 6.84. The second kappa shape index (κ2) is 17.8. The molecule has 248 valence electrons. The topological polar surface area (TPSA) is 129 Å². The number of aliphatic hydroxyl groups is 1. The van der Waals surface area contributed by atoms with E-state index >= 15 is 0 Å². The van der Waals surface area contributed by atoms with Crippen LogP contribution in [0.15, 0.2) is 12.1 Å². The van der Waals surface area contributed by atoms with Gasteiger partial charge in [0.2, 0.25) is 5.91 Å². The van der Waals surface area contributed by atoms with Gasteiger partial charge in [-0.1, -0.05) is 19.3 Å². The minimum absolute atomic E-state index is 0. The number of piperazine rings is 1. The predicted molar refractivity (Wildman–Crippen MR) is 162 cm³/mol. The van der Waals surface area contributed by atoms with E-state index in [9.17, 15) is 18.4 Å². The lowest BCUT2D eigenvalue weighted by Crippen LogP contribution is -2.56. The van der Waals surface area contributed by atoms with Crippen LogP contribution in [-0.4, -0.2) is 116 Å². The fourth-order valence-electron chi connectivity index (χ4n) is 5.78. The number of hydrogen-bond donors (Lipinski definition) is 2. The first-order valence-electron chi connectivity index (χ1n) is 15.1. The third kappa shape index (κ3) is 9.01. The minimum Gasteiger partial charge on any atom is -0.488 e. The number of nitrogens with two attached hydrogens (primary N) is 1. The molecule has 2 fully saturated rings. The van der Waals surface area contributed by atoms with Crippen molar-refractivity contribution in [1.29, 1.82) is 0 Å². The summed E-state index contributed by atoms with van der Waals surface area (Å²) in [7, 11) is 1.61. The van der Waals surface area contributed by atoms with Crippen LogP contribution in [-0.2, 0) is 26.1 Å². The number of carbonyl (C=O) groups is 2. The summed E-state index contributed by atoms with van der Waals surface area (Å²) in [6, 6.07) is 1.56. The first-order chi connectivity index (χ1) is 20.8. The molecular weight excluding hydrogens is 602 g/mol. The van der Waals surface area contributed by atoms with Crippen LogP contribution in [0, 0.1) is 17.6 Å². The summed E-state index contributed by atoms with van der Waals surface area (Å²) in [4.78, 5) is 30.2. The highest BCUT2D eigenvalue weighted by Gasteiger charge is 2.34. The first-order valence-corrected chi connectivity index (χ1v) is 15.1. The van der Waals surface area contributed by atoms with Gasteiger partial charge in [0.05, 0.1) is 57.8 Å². The maximum Gasteiger partial charge on any atom is 0.274 e. The van der Waals surface area contributed by atoms with Crippen LogP contribution >= 0.6 is 12.4 Å². The van der Waals surface area contributed by atoms with Crippen molar-refractivity contribution in [2.75, 3.05) is 79.0 Å². The summed E-state index contributed by atoms with van der Waals surface area (Å²) in [6.07, 6.45) is 5.32. The van der Waals surface area contributed by atoms with Crippen LogP contribution in [0.3, 0.4) is 0 Å². The van der Waals surface area contributed by atoms with Crippen molar-refractivity contribution in [2.24, 2.45) is 18.7 Å². The summed E-state index contributed by atoms with van der Waals surface area (Å²) in [6.45, 7) is 3.19. The van der Waals surface area contributed by atoms with Crippen molar-refractivity contribution < 1.29 is 42.4 Å². The predicted octanol–water partition coefficient (Wildman–Crippen LogP) is 2.49. The molecule has 1 aliphatic carbocycles. The van der Waals surface area contributed by atoms with E-state index in [1.54, 1.807) is 16.8 Å². The van der Waals surface area contributed by atoms with E-state index in [1.165, 1.54) is 11.0 Å². The Kier molecular flexibility index (Phi) is 14.5. The van der Waals surface area contributed by atoms with Crippen molar-refractivity contribution in [2.45, 2.75) is 38.1 Å². The quantitative estimate of drug-likeness (QED) is 0.283. The van der Waals surface area contributed by atoms with Crippen LogP contribution in [0.1, 0.15) is 42.6 Å². The van der Waals surface area contributed by atoms with Crippen molar-refractivity contribution in [3.63, 3.8) is 0 Å². The van der Waals surface area contributed by atoms with Gasteiger partial charge in [0.1, 0.15) is 6.61 Å². The Morgan fingerprint density at radius 1 is 0.886 bits per heavy atom. The number of carbonyl (C=O) groups excluding carboxylic acids is 2. The molecule has 1 saturated carbocycles. The summed E-state index contributed by atoms with van der Waals surface area (Å²) >= 11 is 0. The molecule has 0 bridgehead atoms. The molecule has 1 aromatic heterocycles. The van der Waals surface area contributed by atoms with Crippen LogP contribution < -0.4 is 10.5 Å². The zero-order chi connectivity index (χ0) is 30.8. The molecule has 0 spiro atoms. The Balaban J connectivity index is 0.00000529. The fourth-order valence-corrected chi connectivity index (χ4v) is 5.78. The van der Waals surface area contributed by atoms with E-state index in [0.29, 0.717) is 58.1 Å². The van der Waals surface area contributed by atoms with Gasteiger partial charge >= 0.3 is 0 Å². The molecule has 44 heavy (non-hydrogen) atoms. The molecule has 1 aliphatic heterocycles. The Bertz CT molecular complexity index is 1220. The zero-order valence-corrected chi connectivity index (χ0v) is 26.1. The minimum atomic E-state index is -1.04. The van der Waals surface area contributed by atoms with Gasteiger partial charge in [-0.05, 0) is 24.8 Å². The Hall–Kier alpha value is -2.55. The highest BCUT2D eigenvalue weighted by Crippen LogP contribution is 2.35. The van der Waals surface area contributed by atoms with E-state index < -0.39 is 17.7 Å². The van der Waals surface area contributed by atoms with Crippen molar-refractivity contribution >= 4 is 35.1 Å². The average molecular weight is 647 g/mol. The van der Waals surface area contributed by atoms with Crippen molar-refractivity contribution in [3.05, 3.63) is 29.5 Å². The molecule has 1 saturated heterocycles. The van der Waals surface area contributed by atoms with Crippen LogP contribution in [0.2, 0.25) is 0 Å². The number of halogens is 3. The number of aromatic nitrogens is 1. The van der Waals surface area contributed by atoms with Crippen LogP contribution in [0.4, 0.5) is 8.78 Å². The number of hydrogen-bond acceptors (Lipinski definition) is 8. The number of nitrogens with zero attached hydrogens (tertiary/aromatic N) is 3. The maximum absolute atomic E-state index is 14.3. The Morgan fingerprint density at radius 3 is 2.05 bits per heavy atom. The molecule has 4 rings (SSSR count). The lowest BCUT2D eigenvalue weighted by atomic mass is 9.83. The zero-order valence-electron chi connectivity index (χ0n) is 25.3. The van der Waals surface area contributed by atoms with Crippen molar-refractivity contribution in [3.8, 4) is 5.75 Å². The van der Waals surface area contributed by atoms with E-state index in [4.69, 9.17) is 29.8 Å². The SMILES string of the molecule is Cl.Cn1c(C(=O)N2CCN(C(=O)[C@@H](N)C3CCCCC3)CC2)c(OCCOCCOCCOCCO)c2cc(F)c(F)cc21. The molecule has 11 nitrogen and oxygen atoms in total. The lowest BCUT2D eigenvalue weighted by Gasteiger charge is -2.37. The van der Waals surface area contributed by atoms with Crippen LogP contribution in [0.25, 0.3) is 10.9 Å². The number of fused-ring (bicyclic) bond motifs is 1. The smallest absolute Gasteiger partial charge is 0.274 e. The maximum atomic E-state index is 14.3. The molecule has 0 radical (unpaired) electrons. The van der Waals surface area contributed by atoms with Gasteiger partial charge in [-0.3, -0.25) is 9.59 Å². The molecule has 3 N–H and O–H groups in total. The molecule has 1 atom stereocenters. The molecule has 1 aromatic carbocycles. The van der Waals surface area contributed by atoms with E-state index in [0.717, 1.165) is 37.8 Å². The van der Waals surface area contributed by atoms with E-state index in [1.807, 2.05) is 0 Å². The third-order valence-corrected chi connectivity index (χ3v) is 8.17. The Labute approximate surface area is 262 Å². The van der Waals surface area contributed by atoms with Crippen LogP contribution in [0.5, 0.6) is 5.75 Å². The second-order valence-corrected chi connectivity index (χ2v) is 11.0. The van der Waals surface area contributed by atoms with Gasteiger partial charge < -0.3 is 44.2 Å². The normalized spacial score (nSPS) is 16.7. The summed E-state index contributed by atoms with van der Waals surface area (Å²) in [5.74, 6) is -2.13. The molecule has 2 heterocycles. The molecule has 14 heteroatoms. The lowest BCUT2D eigenvalue weighted by molar-refractivity contribution is -0.135. The van der Waals surface area contributed by atoms with Gasteiger partial charge in [-0.2, -0.15) is 0 Å². The molecule has 2 aromatic rings. The summed E-state index contributed by atoms with van der Waals surface area (Å²) in [5, 5.41) is 8.96. The number of amides is 2. The number of ether oxygens (including phenoxy) is 4. The number of aliphatic hydroxyl groups excluding tert-OH is 1. The Morgan fingerprint density at radius 2 is 1.43 bits per heavy atom. The van der Waals surface area contributed by atoms with Gasteiger partial charge in [0.25, 0.3) is 5.91 Å².